The Labute approximate surface area is 185 Å². The van der Waals surface area contributed by atoms with Gasteiger partial charge >= 0.3 is 0 Å². The molecule has 1 aromatic heterocycles. The lowest BCUT2D eigenvalue weighted by atomic mass is 10.1. The van der Waals surface area contributed by atoms with Crippen LogP contribution >= 0.6 is 0 Å². The molecule has 0 bridgehead atoms. The maximum Gasteiger partial charge on any atom is 0.222 e. The van der Waals surface area contributed by atoms with Crippen molar-refractivity contribution >= 4 is 5.91 Å². The van der Waals surface area contributed by atoms with Crippen molar-refractivity contribution in [3.05, 3.63) is 47.7 Å². The number of carbonyl (C=O) groups excluding carboxylic acids is 1. The van der Waals surface area contributed by atoms with E-state index in [2.05, 4.69) is 39.4 Å². The number of benzene rings is 1. The third-order valence-electron chi connectivity index (χ3n) is 5.76. The highest BCUT2D eigenvalue weighted by Gasteiger charge is 2.13. The molecule has 0 radical (unpaired) electrons. The van der Waals surface area contributed by atoms with Crippen molar-refractivity contribution in [3.63, 3.8) is 0 Å². The standard InChI is InChI=1S/C24H36N4O3/c1-27(15-7-8-16-28-17-19-30-20-18-28)24(29)14-13-23-26-25-22(31-23)12-6-5-11-21-9-3-2-4-10-21/h2-4,9-10H,5-8,11-20H2,1H3. The average Bonchev–Trinajstić information content (AvgIpc) is 3.27. The number of hydrogen-bond acceptors (Lipinski definition) is 6. The molecule has 0 atom stereocenters. The fourth-order valence-electron chi connectivity index (χ4n) is 3.78. The van der Waals surface area contributed by atoms with Gasteiger partial charge in [-0.1, -0.05) is 30.3 Å². The largest absolute Gasteiger partial charge is 0.425 e. The quantitative estimate of drug-likeness (QED) is 0.457. The van der Waals surface area contributed by atoms with Crippen molar-refractivity contribution in [1.82, 2.24) is 20.0 Å². The first-order valence-corrected chi connectivity index (χ1v) is 11.6. The number of hydrogen-bond donors (Lipinski definition) is 0. The summed E-state index contributed by atoms with van der Waals surface area (Å²) in [5.74, 6) is 1.37. The van der Waals surface area contributed by atoms with Gasteiger partial charge in [0.25, 0.3) is 0 Å². The Morgan fingerprint density at radius 1 is 0.968 bits per heavy atom. The normalized spacial score (nSPS) is 14.6. The highest BCUT2D eigenvalue weighted by Crippen LogP contribution is 2.10. The molecule has 1 aliphatic rings. The first-order chi connectivity index (χ1) is 15.2. The van der Waals surface area contributed by atoms with Gasteiger partial charge in [0.15, 0.2) is 0 Å². The molecule has 0 aliphatic carbocycles. The first-order valence-electron chi connectivity index (χ1n) is 11.6. The van der Waals surface area contributed by atoms with Gasteiger partial charge in [0.1, 0.15) is 0 Å². The number of carbonyl (C=O) groups is 1. The highest BCUT2D eigenvalue weighted by molar-refractivity contribution is 5.75. The Kier molecular flexibility index (Phi) is 9.99. The van der Waals surface area contributed by atoms with Crippen LogP contribution in [0.15, 0.2) is 34.7 Å². The van der Waals surface area contributed by atoms with E-state index in [0.29, 0.717) is 24.6 Å². The summed E-state index contributed by atoms with van der Waals surface area (Å²) in [6.07, 6.45) is 7.01. The van der Waals surface area contributed by atoms with Gasteiger partial charge in [0, 0.05) is 45.9 Å². The summed E-state index contributed by atoms with van der Waals surface area (Å²) in [6.45, 7) is 5.59. The summed E-state index contributed by atoms with van der Waals surface area (Å²) < 4.78 is 11.1. The minimum absolute atomic E-state index is 0.133. The maximum atomic E-state index is 12.4. The fraction of sp³-hybridized carbons (Fsp3) is 0.625. The number of unbranched alkanes of at least 4 members (excludes halogenated alkanes) is 2. The van der Waals surface area contributed by atoms with Crippen LogP contribution in [-0.2, 0) is 28.8 Å². The van der Waals surface area contributed by atoms with Gasteiger partial charge in [-0.05, 0) is 44.2 Å². The van der Waals surface area contributed by atoms with Crippen LogP contribution in [0.5, 0.6) is 0 Å². The summed E-state index contributed by atoms with van der Waals surface area (Å²) in [4.78, 5) is 16.6. The van der Waals surface area contributed by atoms with Crippen LogP contribution in [0.25, 0.3) is 0 Å². The minimum atomic E-state index is 0.133. The van der Waals surface area contributed by atoms with E-state index in [0.717, 1.165) is 77.9 Å². The molecule has 1 amide bonds. The van der Waals surface area contributed by atoms with Gasteiger partial charge in [-0.2, -0.15) is 0 Å². The van der Waals surface area contributed by atoms with Crippen molar-refractivity contribution in [2.75, 3.05) is 46.4 Å². The molecule has 7 heteroatoms. The smallest absolute Gasteiger partial charge is 0.222 e. The molecule has 170 valence electrons. The Morgan fingerprint density at radius 3 is 2.45 bits per heavy atom. The lowest BCUT2D eigenvalue weighted by Gasteiger charge is -2.26. The van der Waals surface area contributed by atoms with Gasteiger partial charge in [0.2, 0.25) is 17.7 Å². The second-order valence-corrected chi connectivity index (χ2v) is 8.26. The molecule has 31 heavy (non-hydrogen) atoms. The third-order valence-corrected chi connectivity index (χ3v) is 5.76. The lowest BCUT2D eigenvalue weighted by molar-refractivity contribution is -0.130. The average molecular weight is 429 g/mol. The van der Waals surface area contributed by atoms with E-state index in [1.807, 2.05) is 18.0 Å². The highest BCUT2D eigenvalue weighted by atomic mass is 16.5. The number of amides is 1. The number of aryl methyl sites for hydroxylation is 3. The molecule has 3 rings (SSSR count). The minimum Gasteiger partial charge on any atom is -0.425 e. The van der Waals surface area contributed by atoms with Gasteiger partial charge in [0.05, 0.1) is 13.2 Å². The van der Waals surface area contributed by atoms with Gasteiger partial charge in [-0.3, -0.25) is 9.69 Å². The van der Waals surface area contributed by atoms with E-state index in [9.17, 15) is 4.79 Å². The van der Waals surface area contributed by atoms with E-state index in [1.54, 1.807) is 0 Å². The molecule has 1 fully saturated rings. The number of nitrogens with zero attached hydrogens (tertiary/aromatic N) is 4. The van der Waals surface area contributed by atoms with Crippen LogP contribution in [0.2, 0.25) is 0 Å². The summed E-state index contributed by atoms with van der Waals surface area (Å²) in [7, 11) is 1.88. The molecule has 1 aromatic carbocycles. The predicted molar refractivity (Wildman–Crippen MR) is 120 cm³/mol. The van der Waals surface area contributed by atoms with Crippen molar-refractivity contribution in [3.8, 4) is 0 Å². The van der Waals surface area contributed by atoms with Crippen LogP contribution in [0, 0.1) is 0 Å². The van der Waals surface area contributed by atoms with Crippen LogP contribution in [0.4, 0.5) is 0 Å². The van der Waals surface area contributed by atoms with Crippen LogP contribution in [0.1, 0.15) is 49.4 Å². The topological polar surface area (TPSA) is 71.7 Å². The molecule has 1 aliphatic heterocycles. The SMILES string of the molecule is CN(CCCCN1CCOCC1)C(=O)CCc1nnc(CCCCc2ccccc2)o1. The zero-order valence-corrected chi connectivity index (χ0v) is 18.8. The zero-order chi connectivity index (χ0) is 21.7. The molecule has 0 saturated carbocycles. The van der Waals surface area contributed by atoms with Crippen molar-refractivity contribution in [1.29, 1.82) is 0 Å². The second kappa shape index (κ2) is 13.2. The molecule has 1 saturated heterocycles. The third kappa shape index (κ3) is 8.79. The number of ether oxygens (including phenoxy) is 1. The number of rotatable bonds is 13. The van der Waals surface area contributed by atoms with Crippen LogP contribution in [0.3, 0.4) is 0 Å². The van der Waals surface area contributed by atoms with E-state index in [-0.39, 0.29) is 5.91 Å². The Balaban J connectivity index is 1.25. The molecule has 2 heterocycles. The molecular formula is C24H36N4O3. The Morgan fingerprint density at radius 2 is 1.68 bits per heavy atom. The monoisotopic (exact) mass is 428 g/mol. The Bertz CT molecular complexity index is 759. The zero-order valence-electron chi connectivity index (χ0n) is 18.8. The fourth-order valence-corrected chi connectivity index (χ4v) is 3.78. The predicted octanol–water partition coefficient (Wildman–Crippen LogP) is 3.14. The molecular weight excluding hydrogens is 392 g/mol. The van der Waals surface area contributed by atoms with Gasteiger partial charge in [-0.25, -0.2) is 0 Å². The molecule has 7 nitrogen and oxygen atoms in total. The van der Waals surface area contributed by atoms with E-state index < -0.39 is 0 Å². The van der Waals surface area contributed by atoms with Crippen molar-refractivity contribution in [2.45, 2.75) is 51.4 Å². The summed E-state index contributed by atoms with van der Waals surface area (Å²) in [5, 5.41) is 8.24. The summed E-state index contributed by atoms with van der Waals surface area (Å²) >= 11 is 0. The molecule has 0 unspecified atom stereocenters. The molecule has 2 aromatic rings. The number of morpholine rings is 1. The van der Waals surface area contributed by atoms with E-state index >= 15 is 0 Å². The van der Waals surface area contributed by atoms with Crippen molar-refractivity contribution < 1.29 is 13.9 Å². The molecule has 0 N–H and O–H groups in total. The number of aromatic nitrogens is 2. The van der Waals surface area contributed by atoms with Gasteiger partial charge < -0.3 is 14.1 Å². The summed E-state index contributed by atoms with van der Waals surface area (Å²) in [5.41, 5.74) is 1.36. The van der Waals surface area contributed by atoms with Crippen LogP contribution in [-0.4, -0.2) is 72.3 Å². The summed E-state index contributed by atoms with van der Waals surface area (Å²) in [6, 6.07) is 10.5. The maximum absolute atomic E-state index is 12.4. The Hall–Kier alpha value is -2.25. The first kappa shape index (κ1) is 23.4. The molecule has 0 spiro atoms. The second-order valence-electron chi connectivity index (χ2n) is 8.26. The van der Waals surface area contributed by atoms with Crippen molar-refractivity contribution in [2.24, 2.45) is 0 Å². The van der Waals surface area contributed by atoms with E-state index in [1.165, 1.54) is 5.56 Å². The van der Waals surface area contributed by atoms with Crippen LogP contribution < -0.4 is 0 Å². The van der Waals surface area contributed by atoms with E-state index in [4.69, 9.17) is 9.15 Å². The lowest BCUT2D eigenvalue weighted by Crippen LogP contribution is -2.37. The van der Waals surface area contributed by atoms with Gasteiger partial charge in [-0.15, -0.1) is 10.2 Å².